The normalized spacial score (nSPS) is 13.2. The smallest absolute Gasteiger partial charge is 0.254 e. The third-order valence-corrected chi connectivity index (χ3v) is 6.20. The van der Waals surface area contributed by atoms with Crippen LogP contribution in [0, 0.1) is 12.7 Å². The van der Waals surface area contributed by atoms with E-state index in [1.807, 2.05) is 6.92 Å². The Bertz CT molecular complexity index is 964. The van der Waals surface area contributed by atoms with Gasteiger partial charge in [0.2, 0.25) is 10.0 Å². The maximum absolute atomic E-state index is 13.2. The van der Waals surface area contributed by atoms with Gasteiger partial charge in [0.05, 0.1) is 10.9 Å². The van der Waals surface area contributed by atoms with Crippen LogP contribution in [-0.2, 0) is 10.0 Å². The molecule has 28 heavy (non-hydrogen) atoms. The number of sulfonamides is 1. The first-order valence-electron chi connectivity index (χ1n) is 8.99. The average Bonchev–Trinajstić information content (AvgIpc) is 2.58. The molecule has 0 heterocycles. The molecule has 0 spiro atoms. The number of hydrogen-bond donors (Lipinski definition) is 1. The lowest BCUT2D eigenvalue weighted by atomic mass is 10.0. The zero-order chi connectivity index (χ0) is 21.3. The Kier molecular flexibility index (Phi) is 6.31. The van der Waals surface area contributed by atoms with Crippen LogP contribution in [0.3, 0.4) is 0 Å². The number of hydrogen-bond acceptors (Lipinski definition) is 3. The highest BCUT2D eigenvalue weighted by atomic mass is 32.2. The number of nitrogens with one attached hydrogen (secondary N) is 1. The van der Waals surface area contributed by atoms with Gasteiger partial charge in [-0.15, -0.1) is 0 Å². The van der Waals surface area contributed by atoms with Crippen molar-refractivity contribution < 1.29 is 17.6 Å². The molecule has 1 unspecified atom stereocenters. The van der Waals surface area contributed by atoms with E-state index in [1.165, 1.54) is 29.2 Å². The fourth-order valence-electron chi connectivity index (χ4n) is 2.79. The quantitative estimate of drug-likeness (QED) is 0.815. The van der Waals surface area contributed by atoms with E-state index in [1.54, 1.807) is 52.9 Å². The molecule has 0 aliphatic rings. The summed E-state index contributed by atoms with van der Waals surface area (Å²) in [5.74, 6) is -0.646. The van der Waals surface area contributed by atoms with Crippen molar-refractivity contribution in [3.8, 4) is 0 Å². The van der Waals surface area contributed by atoms with Crippen LogP contribution >= 0.6 is 0 Å². The van der Waals surface area contributed by atoms with Crippen LogP contribution in [0.2, 0.25) is 0 Å². The van der Waals surface area contributed by atoms with E-state index >= 15 is 0 Å². The molecule has 2 aromatic carbocycles. The second kappa shape index (κ2) is 8.01. The van der Waals surface area contributed by atoms with Gasteiger partial charge in [-0.3, -0.25) is 4.79 Å². The van der Waals surface area contributed by atoms with Crippen LogP contribution in [0.4, 0.5) is 4.39 Å². The second-order valence-electron chi connectivity index (χ2n) is 7.98. The number of nitrogens with zero attached hydrogens (tertiary/aromatic N) is 1. The molecule has 1 atom stereocenters. The van der Waals surface area contributed by atoms with Gasteiger partial charge in [0.1, 0.15) is 5.82 Å². The summed E-state index contributed by atoms with van der Waals surface area (Å²) < 4.78 is 41.0. The van der Waals surface area contributed by atoms with Gasteiger partial charge in [-0.1, -0.05) is 18.2 Å². The van der Waals surface area contributed by atoms with Crippen molar-refractivity contribution >= 4 is 15.9 Å². The van der Waals surface area contributed by atoms with Crippen LogP contribution in [0.1, 0.15) is 55.2 Å². The minimum absolute atomic E-state index is 0.0409. The Morgan fingerprint density at radius 1 is 1.11 bits per heavy atom. The molecule has 152 valence electrons. The molecule has 2 rings (SSSR count). The molecule has 0 aliphatic heterocycles. The zero-order valence-electron chi connectivity index (χ0n) is 17.1. The highest BCUT2D eigenvalue weighted by Crippen LogP contribution is 2.24. The highest BCUT2D eigenvalue weighted by molar-refractivity contribution is 7.89. The van der Waals surface area contributed by atoms with Gasteiger partial charge in [-0.25, -0.2) is 17.5 Å². The van der Waals surface area contributed by atoms with E-state index in [2.05, 4.69) is 4.72 Å². The van der Waals surface area contributed by atoms with Crippen LogP contribution < -0.4 is 4.72 Å². The molecule has 0 saturated carbocycles. The van der Waals surface area contributed by atoms with Crippen molar-refractivity contribution in [2.24, 2.45) is 0 Å². The first-order chi connectivity index (χ1) is 12.8. The SMILES string of the molecule is Cc1ccc(S(=O)(=O)NC(C)(C)C)cc1C(=O)N(C)C(C)c1ccc(F)cc1. The minimum atomic E-state index is -3.76. The molecule has 0 aliphatic carbocycles. The summed E-state index contributed by atoms with van der Waals surface area (Å²) in [4.78, 5) is 14.6. The molecular formula is C21H27FN2O3S. The molecule has 1 amide bonds. The van der Waals surface area contributed by atoms with Gasteiger partial charge >= 0.3 is 0 Å². The Morgan fingerprint density at radius 3 is 2.21 bits per heavy atom. The minimum Gasteiger partial charge on any atom is -0.335 e. The second-order valence-corrected chi connectivity index (χ2v) is 9.66. The number of carbonyl (C=O) groups is 1. The van der Waals surface area contributed by atoms with Crippen LogP contribution in [0.25, 0.3) is 0 Å². The Labute approximate surface area is 166 Å². The standard InChI is InChI=1S/C21H27FN2O3S/c1-14-7-12-18(28(26,27)23-21(3,4)5)13-19(14)20(25)24(6)15(2)16-8-10-17(22)11-9-16/h7-13,15,23H,1-6H3. The van der Waals surface area contributed by atoms with E-state index in [9.17, 15) is 17.6 Å². The van der Waals surface area contributed by atoms with Crippen molar-refractivity contribution in [3.05, 3.63) is 65.0 Å². The highest BCUT2D eigenvalue weighted by Gasteiger charge is 2.25. The van der Waals surface area contributed by atoms with Crippen LogP contribution in [0.5, 0.6) is 0 Å². The van der Waals surface area contributed by atoms with Crippen molar-refractivity contribution in [2.45, 2.75) is 51.1 Å². The lowest BCUT2D eigenvalue weighted by Gasteiger charge is -2.26. The molecule has 2 aromatic rings. The summed E-state index contributed by atoms with van der Waals surface area (Å²) in [7, 11) is -2.11. The number of halogens is 1. The maximum Gasteiger partial charge on any atom is 0.254 e. The monoisotopic (exact) mass is 406 g/mol. The van der Waals surface area contributed by atoms with E-state index < -0.39 is 15.6 Å². The Morgan fingerprint density at radius 2 is 1.68 bits per heavy atom. The molecule has 0 radical (unpaired) electrons. The molecular weight excluding hydrogens is 379 g/mol. The summed E-state index contributed by atoms with van der Waals surface area (Å²) in [5, 5.41) is 0. The number of rotatable bonds is 5. The predicted molar refractivity (Wildman–Crippen MR) is 108 cm³/mol. The zero-order valence-corrected chi connectivity index (χ0v) is 17.9. The lowest BCUT2D eigenvalue weighted by Crippen LogP contribution is -2.40. The average molecular weight is 407 g/mol. The number of aryl methyl sites for hydroxylation is 1. The third-order valence-electron chi connectivity index (χ3n) is 4.44. The van der Waals surface area contributed by atoms with Gasteiger partial charge in [-0.05, 0) is 70.0 Å². The topological polar surface area (TPSA) is 66.5 Å². The van der Waals surface area contributed by atoms with Gasteiger partial charge in [0.15, 0.2) is 0 Å². The number of amides is 1. The van der Waals surface area contributed by atoms with E-state index in [-0.39, 0.29) is 22.7 Å². The van der Waals surface area contributed by atoms with Crippen molar-refractivity contribution in [1.82, 2.24) is 9.62 Å². The largest absolute Gasteiger partial charge is 0.335 e. The Balaban J connectivity index is 2.36. The van der Waals surface area contributed by atoms with Gasteiger partial charge < -0.3 is 4.90 Å². The predicted octanol–water partition coefficient (Wildman–Crippen LogP) is 4.04. The first kappa shape index (κ1) is 22.0. The molecule has 0 fully saturated rings. The third kappa shape index (κ3) is 5.17. The summed E-state index contributed by atoms with van der Waals surface area (Å²) in [6.45, 7) is 8.86. The summed E-state index contributed by atoms with van der Waals surface area (Å²) in [6, 6.07) is 10.2. The number of carbonyl (C=O) groups excluding carboxylic acids is 1. The van der Waals surface area contributed by atoms with Gasteiger partial charge in [0.25, 0.3) is 5.91 Å². The number of benzene rings is 2. The summed E-state index contributed by atoms with van der Waals surface area (Å²) in [6.07, 6.45) is 0. The van der Waals surface area contributed by atoms with Crippen molar-refractivity contribution in [1.29, 1.82) is 0 Å². The molecule has 0 bridgehead atoms. The molecule has 1 N–H and O–H groups in total. The fraction of sp³-hybridized carbons (Fsp3) is 0.381. The van der Waals surface area contributed by atoms with E-state index in [0.29, 0.717) is 11.1 Å². The molecule has 0 aromatic heterocycles. The Hall–Kier alpha value is -2.25. The lowest BCUT2D eigenvalue weighted by molar-refractivity contribution is 0.0741. The summed E-state index contributed by atoms with van der Waals surface area (Å²) in [5.41, 5.74) is 1.14. The van der Waals surface area contributed by atoms with Crippen LogP contribution in [0.15, 0.2) is 47.4 Å². The van der Waals surface area contributed by atoms with Crippen molar-refractivity contribution in [3.63, 3.8) is 0 Å². The maximum atomic E-state index is 13.2. The van der Waals surface area contributed by atoms with Crippen molar-refractivity contribution in [2.75, 3.05) is 7.05 Å². The molecule has 0 saturated heterocycles. The van der Waals surface area contributed by atoms with Crippen LogP contribution in [-0.4, -0.2) is 31.8 Å². The van der Waals surface area contributed by atoms with E-state index in [4.69, 9.17) is 0 Å². The summed E-state index contributed by atoms with van der Waals surface area (Å²) >= 11 is 0. The van der Waals surface area contributed by atoms with Gasteiger partial charge in [0, 0.05) is 18.2 Å². The van der Waals surface area contributed by atoms with Gasteiger partial charge in [-0.2, -0.15) is 0 Å². The van der Waals surface area contributed by atoms with E-state index in [0.717, 1.165) is 5.56 Å². The molecule has 7 heteroatoms. The molecule has 5 nitrogen and oxygen atoms in total. The fourth-order valence-corrected chi connectivity index (χ4v) is 4.24. The first-order valence-corrected chi connectivity index (χ1v) is 10.5.